The molecular formula is C7H6O3S. The number of hydrogen-bond donors (Lipinski definition) is 0. The van der Waals surface area contributed by atoms with Gasteiger partial charge in [-0.05, 0) is 23.9 Å². The van der Waals surface area contributed by atoms with E-state index in [2.05, 4.69) is 0 Å². The zero-order valence-corrected chi connectivity index (χ0v) is 6.68. The molecule has 0 spiro atoms. The minimum atomic E-state index is -0.0585. The molecule has 0 atom stereocenters. The zero-order valence-electron chi connectivity index (χ0n) is 5.87. The van der Waals surface area contributed by atoms with E-state index in [1.165, 1.54) is 13.0 Å². The summed E-state index contributed by atoms with van der Waals surface area (Å²) >= 11 is 0.970. The molecule has 0 amide bonds. The summed E-state index contributed by atoms with van der Waals surface area (Å²) < 4.78 is 4.92. The van der Waals surface area contributed by atoms with Crippen molar-refractivity contribution in [3.63, 3.8) is 0 Å². The summed E-state index contributed by atoms with van der Waals surface area (Å²) in [5, 5.41) is 0.399. The molecule has 3 nitrogen and oxygen atoms in total. The van der Waals surface area contributed by atoms with Crippen molar-refractivity contribution < 1.29 is 14.0 Å². The number of thioether (sulfide) groups is 1. The Balaban J connectivity index is 2.72. The minimum absolute atomic E-state index is 0.0585. The SMILES string of the molecule is CC(=O)Sc1ccc(C=O)o1. The van der Waals surface area contributed by atoms with Crippen LogP contribution in [0.1, 0.15) is 17.5 Å². The molecule has 4 heteroatoms. The number of hydrogen-bond acceptors (Lipinski definition) is 4. The zero-order chi connectivity index (χ0) is 8.27. The van der Waals surface area contributed by atoms with E-state index in [-0.39, 0.29) is 10.9 Å². The van der Waals surface area contributed by atoms with E-state index < -0.39 is 0 Å². The number of furan rings is 1. The smallest absolute Gasteiger partial charge is 0.193 e. The molecule has 0 N–H and O–H groups in total. The summed E-state index contributed by atoms with van der Waals surface area (Å²) in [5.41, 5.74) is 0. The topological polar surface area (TPSA) is 47.3 Å². The molecule has 11 heavy (non-hydrogen) atoms. The summed E-state index contributed by atoms with van der Waals surface area (Å²) in [6.45, 7) is 1.44. The number of rotatable bonds is 2. The molecular weight excluding hydrogens is 164 g/mol. The molecule has 0 fully saturated rings. The molecule has 58 valence electrons. The first-order valence-electron chi connectivity index (χ1n) is 2.96. The summed E-state index contributed by atoms with van der Waals surface area (Å²) in [4.78, 5) is 20.6. The van der Waals surface area contributed by atoms with Crippen molar-refractivity contribution in [2.45, 2.75) is 12.0 Å². The predicted molar refractivity (Wildman–Crippen MR) is 40.6 cm³/mol. The molecule has 0 aliphatic rings. The second-order valence-corrected chi connectivity index (χ2v) is 3.05. The lowest BCUT2D eigenvalue weighted by atomic mass is 10.5. The molecule has 1 aromatic heterocycles. The van der Waals surface area contributed by atoms with E-state index in [4.69, 9.17) is 4.42 Å². The van der Waals surface area contributed by atoms with E-state index >= 15 is 0 Å². The van der Waals surface area contributed by atoms with Crippen molar-refractivity contribution in [2.24, 2.45) is 0 Å². The Bertz CT molecular complexity index is 277. The van der Waals surface area contributed by atoms with Crippen molar-refractivity contribution in [1.29, 1.82) is 0 Å². The van der Waals surface area contributed by atoms with E-state index in [0.717, 1.165) is 11.8 Å². The Morgan fingerprint density at radius 1 is 1.64 bits per heavy atom. The molecule has 0 unspecified atom stereocenters. The Hall–Kier alpha value is -1.03. The molecule has 0 bridgehead atoms. The maximum atomic E-state index is 10.5. The highest BCUT2D eigenvalue weighted by Gasteiger charge is 2.03. The Morgan fingerprint density at radius 2 is 2.36 bits per heavy atom. The summed E-state index contributed by atoms with van der Waals surface area (Å²) in [5.74, 6) is 0.244. The fourth-order valence-corrected chi connectivity index (χ4v) is 1.15. The fourth-order valence-electron chi connectivity index (χ4n) is 0.594. The van der Waals surface area contributed by atoms with E-state index in [9.17, 15) is 9.59 Å². The third-order valence-corrected chi connectivity index (χ3v) is 1.67. The van der Waals surface area contributed by atoms with E-state index in [1.807, 2.05) is 0 Å². The van der Waals surface area contributed by atoms with Gasteiger partial charge < -0.3 is 4.42 Å². The summed E-state index contributed by atoms with van der Waals surface area (Å²) in [6, 6.07) is 3.12. The molecule has 0 saturated carbocycles. The molecule has 0 aliphatic carbocycles. The quantitative estimate of drug-likeness (QED) is 0.501. The van der Waals surface area contributed by atoms with Crippen molar-refractivity contribution in [3.8, 4) is 0 Å². The Kier molecular flexibility index (Phi) is 2.48. The maximum Gasteiger partial charge on any atom is 0.193 e. The standard InChI is InChI=1S/C7H6O3S/c1-5(9)11-7-3-2-6(4-8)10-7/h2-4H,1H3. The first-order chi connectivity index (χ1) is 5.22. The van der Waals surface area contributed by atoms with E-state index in [1.54, 1.807) is 6.07 Å². The van der Waals surface area contributed by atoms with Gasteiger partial charge in [-0.15, -0.1) is 0 Å². The first kappa shape index (κ1) is 8.07. The lowest BCUT2D eigenvalue weighted by molar-refractivity contribution is -0.109. The van der Waals surface area contributed by atoms with Crippen LogP contribution in [0.3, 0.4) is 0 Å². The monoisotopic (exact) mass is 170 g/mol. The van der Waals surface area contributed by atoms with Crippen LogP contribution in [0.15, 0.2) is 21.6 Å². The maximum absolute atomic E-state index is 10.5. The van der Waals surface area contributed by atoms with Crippen molar-refractivity contribution in [1.82, 2.24) is 0 Å². The van der Waals surface area contributed by atoms with Gasteiger partial charge in [0, 0.05) is 6.92 Å². The summed E-state index contributed by atoms with van der Waals surface area (Å²) in [6.07, 6.45) is 0.601. The van der Waals surface area contributed by atoms with Gasteiger partial charge in [0.25, 0.3) is 0 Å². The predicted octanol–water partition coefficient (Wildman–Crippen LogP) is 1.73. The van der Waals surface area contributed by atoms with Gasteiger partial charge in [-0.25, -0.2) is 0 Å². The van der Waals surface area contributed by atoms with Crippen LogP contribution >= 0.6 is 11.8 Å². The highest BCUT2D eigenvalue weighted by Crippen LogP contribution is 2.20. The van der Waals surface area contributed by atoms with Gasteiger partial charge in [0.05, 0.1) is 0 Å². The number of aldehydes is 1. The normalized spacial score (nSPS) is 9.55. The second-order valence-electron chi connectivity index (χ2n) is 1.87. The summed E-state index contributed by atoms with van der Waals surface area (Å²) in [7, 11) is 0. The van der Waals surface area contributed by atoms with E-state index in [0.29, 0.717) is 11.4 Å². The second kappa shape index (κ2) is 3.39. The van der Waals surface area contributed by atoms with Crippen LogP contribution in [0, 0.1) is 0 Å². The van der Waals surface area contributed by atoms with Gasteiger partial charge in [-0.1, -0.05) is 0 Å². The van der Waals surface area contributed by atoms with Gasteiger partial charge in [0.15, 0.2) is 22.3 Å². The van der Waals surface area contributed by atoms with Crippen molar-refractivity contribution in [3.05, 3.63) is 17.9 Å². The van der Waals surface area contributed by atoms with Gasteiger partial charge in [0.1, 0.15) is 0 Å². The third-order valence-electron chi connectivity index (χ3n) is 0.963. The molecule has 1 rings (SSSR count). The average Bonchev–Trinajstić information content (AvgIpc) is 2.34. The van der Waals surface area contributed by atoms with Gasteiger partial charge in [-0.3, -0.25) is 9.59 Å². The lowest BCUT2D eigenvalue weighted by Crippen LogP contribution is -1.77. The molecule has 0 radical (unpaired) electrons. The lowest BCUT2D eigenvalue weighted by Gasteiger charge is -1.86. The molecule has 0 saturated heterocycles. The highest BCUT2D eigenvalue weighted by molar-refractivity contribution is 8.13. The highest BCUT2D eigenvalue weighted by atomic mass is 32.2. The molecule has 1 aromatic rings. The van der Waals surface area contributed by atoms with Crippen molar-refractivity contribution >= 4 is 23.2 Å². The van der Waals surface area contributed by atoms with Crippen LogP contribution in [0.25, 0.3) is 0 Å². The van der Waals surface area contributed by atoms with Crippen LogP contribution in [0.4, 0.5) is 0 Å². The minimum Gasteiger partial charge on any atom is -0.447 e. The van der Waals surface area contributed by atoms with Crippen LogP contribution in [-0.2, 0) is 4.79 Å². The van der Waals surface area contributed by atoms with Crippen LogP contribution in [0.5, 0.6) is 0 Å². The number of carbonyl (C=O) groups excluding carboxylic acids is 2. The third kappa shape index (κ3) is 2.23. The van der Waals surface area contributed by atoms with Crippen molar-refractivity contribution in [2.75, 3.05) is 0 Å². The Labute approximate surface area is 67.8 Å². The molecule has 0 aromatic carbocycles. The van der Waals surface area contributed by atoms with Gasteiger partial charge >= 0.3 is 0 Å². The van der Waals surface area contributed by atoms with Gasteiger partial charge in [0.2, 0.25) is 0 Å². The first-order valence-corrected chi connectivity index (χ1v) is 3.77. The fraction of sp³-hybridized carbons (Fsp3) is 0.143. The Morgan fingerprint density at radius 3 is 2.82 bits per heavy atom. The number of carbonyl (C=O) groups is 2. The van der Waals surface area contributed by atoms with Gasteiger partial charge in [-0.2, -0.15) is 0 Å². The average molecular weight is 170 g/mol. The molecule has 0 aliphatic heterocycles. The van der Waals surface area contributed by atoms with Crippen LogP contribution in [0.2, 0.25) is 0 Å². The van der Waals surface area contributed by atoms with Crippen LogP contribution < -0.4 is 0 Å². The largest absolute Gasteiger partial charge is 0.447 e. The van der Waals surface area contributed by atoms with Crippen LogP contribution in [-0.4, -0.2) is 11.4 Å². The molecule has 1 heterocycles.